The quantitative estimate of drug-likeness (QED) is 0.788. The van der Waals surface area contributed by atoms with Crippen LogP contribution in [0.5, 0.6) is 0 Å². The summed E-state index contributed by atoms with van der Waals surface area (Å²) in [6, 6.07) is 11.4. The van der Waals surface area contributed by atoms with Gasteiger partial charge >= 0.3 is 0 Å². The fraction of sp³-hybridized carbons (Fsp3) is 0. The van der Waals surface area contributed by atoms with Crippen LogP contribution in [0.3, 0.4) is 0 Å². The SMILES string of the molecule is NC(=S)c1ccnnc1Nc1ccccc1. The summed E-state index contributed by atoms with van der Waals surface area (Å²) in [6.07, 6.45) is 1.56. The number of hydrogen-bond acceptors (Lipinski definition) is 4. The molecule has 0 aliphatic heterocycles. The Morgan fingerprint density at radius 3 is 2.62 bits per heavy atom. The van der Waals surface area contributed by atoms with Gasteiger partial charge in [-0.3, -0.25) is 0 Å². The minimum Gasteiger partial charge on any atom is -0.389 e. The van der Waals surface area contributed by atoms with Crippen molar-refractivity contribution in [1.29, 1.82) is 0 Å². The van der Waals surface area contributed by atoms with Crippen molar-refractivity contribution in [3.05, 3.63) is 48.2 Å². The highest BCUT2D eigenvalue weighted by atomic mass is 32.1. The third-order valence-corrected chi connectivity index (χ3v) is 2.24. The molecule has 3 N–H and O–H groups in total. The summed E-state index contributed by atoms with van der Waals surface area (Å²) >= 11 is 4.94. The van der Waals surface area contributed by atoms with Crippen LogP contribution >= 0.6 is 12.2 Å². The number of nitrogens with two attached hydrogens (primary N) is 1. The maximum absolute atomic E-state index is 5.59. The van der Waals surface area contributed by atoms with Gasteiger partial charge in [0.15, 0.2) is 5.82 Å². The molecular weight excluding hydrogens is 220 g/mol. The van der Waals surface area contributed by atoms with Crippen LogP contribution in [0.15, 0.2) is 42.6 Å². The molecule has 2 aromatic rings. The summed E-state index contributed by atoms with van der Waals surface area (Å²) in [5.41, 5.74) is 7.20. The maximum Gasteiger partial charge on any atom is 0.163 e. The Hall–Kier alpha value is -2.01. The van der Waals surface area contributed by atoms with Crippen LogP contribution in [0.4, 0.5) is 11.5 Å². The number of thiocarbonyl (C=S) groups is 1. The van der Waals surface area contributed by atoms with Crippen LogP contribution in [-0.2, 0) is 0 Å². The van der Waals surface area contributed by atoms with E-state index in [1.54, 1.807) is 12.3 Å². The van der Waals surface area contributed by atoms with Gasteiger partial charge in [-0.05, 0) is 18.2 Å². The summed E-state index contributed by atoms with van der Waals surface area (Å²) in [5, 5.41) is 10.9. The van der Waals surface area contributed by atoms with E-state index in [9.17, 15) is 0 Å². The second-order valence-electron chi connectivity index (χ2n) is 3.15. The molecule has 0 fully saturated rings. The van der Waals surface area contributed by atoms with E-state index in [0.29, 0.717) is 16.4 Å². The lowest BCUT2D eigenvalue weighted by molar-refractivity contribution is 1.03. The zero-order valence-corrected chi connectivity index (χ0v) is 9.24. The number of nitrogens with one attached hydrogen (secondary N) is 1. The Bertz CT molecular complexity index is 498. The third kappa shape index (κ3) is 2.32. The number of anilines is 2. The highest BCUT2D eigenvalue weighted by Gasteiger charge is 2.06. The van der Waals surface area contributed by atoms with Crippen LogP contribution < -0.4 is 11.1 Å². The van der Waals surface area contributed by atoms with E-state index in [1.807, 2.05) is 30.3 Å². The van der Waals surface area contributed by atoms with Gasteiger partial charge in [-0.2, -0.15) is 5.10 Å². The molecule has 1 aromatic heterocycles. The lowest BCUT2D eigenvalue weighted by Crippen LogP contribution is -2.13. The minimum atomic E-state index is 0.299. The van der Waals surface area contributed by atoms with Crippen molar-refractivity contribution in [3.63, 3.8) is 0 Å². The fourth-order valence-electron chi connectivity index (χ4n) is 1.28. The van der Waals surface area contributed by atoms with Gasteiger partial charge in [-0.25, -0.2) is 0 Å². The Labute approximate surface area is 98.5 Å². The van der Waals surface area contributed by atoms with E-state index >= 15 is 0 Å². The summed E-state index contributed by atoms with van der Waals surface area (Å²) in [5.74, 6) is 0.571. The molecule has 0 aliphatic rings. The standard InChI is InChI=1S/C11H10N4S/c12-10(16)9-6-7-13-15-11(9)14-8-4-2-1-3-5-8/h1-7H,(H2,12,16)(H,14,15). The second kappa shape index (κ2) is 4.67. The van der Waals surface area contributed by atoms with Crippen molar-refractivity contribution in [2.24, 2.45) is 5.73 Å². The first-order valence-corrected chi connectivity index (χ1v) is 5.12. The summed E-state index contributed by atoms with van der Waals surface area (Å²) < 4.78 is 0. The van der Waals surface area contributed by atoms with Crippen LogP contribution in [0.2, 0.25) is 0 Å². The fourth-order valence-corrected chi connectivity index (χ4v) is 1.45. The van der Waals surface area contributed by atoms with Gasteiger partial charge in [0.05, 0.1) is 11.8 Å². The van der Waals surface area contributed by atoms with Crippen molar-refractivity contribution < 1.29 is 0 Å². The average molecular weight is 230 g/mol. The molecule has 0 saturated carbocycles. The molecule has 4 nitrogen and oxygen atoms in total. The highest BCUT2D eigenvalue weighted by Crippen LogP contribution is 2.16. The smallest absolute Gasteiger partial charge is 0.163 e. The van der Waals surface area contributed by atoms with Gasteiger partial charge in [0.25, 0.3) is 0 Å². The number of rotatable bonds is 3. The van der Waals surface area contributed by atoms with Crippen LogP contribution in [-0.4, -0.2) is 15.2 Å². The van der Waals surface area contributed by atoms with Gasteiger partial charge in [0.1, 0.15) is 4.99 Å². The van der Waals surface area contributed by atoms with Gasteiger partial charge in [0, 0.05) is 5.69 Å². The molecule has 0 atom stereocenters. The Kier molecular flexibility index (Phi) is 3.07. The second-order valence-corrected chi connectivity index (χ2v) is 3.59. The molecule has 5 heteroatoms. The number of aromatic nitrogens is 2. The molecule has 1 aromatic carbocycles. The molecule has 0 radical (unpaired) electrons. The van der Waals surface area contributed by atoms with Crippen molar-refractivity contribution in [2.75, 3.05) is 5.32 Å². The van der Waals surface area contributed by atoms with E-state index in [0.717, 1.165) is 5.69 Å². The van der Waals surface area contributed by atoms with E-state index in [-0.39, 0.29) is 0 Å². The number of benzene rings is 1. The van der Waals surface area contributed by atoms with E-state index in [2.05, 4.69) is 15.5 Å². The predicted molar refractivity (Wildman–Crippen MR) is 67.6 cm³/mol. The van der Waals surface area contributed by atoms with Crippen LogP contribution in [0, 0.1) is 0 Å². The molecule has 0 bridgehead atoms. The molecule has 0 unspecified atom stereocenters. The zero-order valence-electron chi connectivity index (χ0n) is 8.42. The summed E-state index contributed by atoms with van der Waals surface area (Å²) in [6.45, 7) is 0. The Morgan fingerprint density at radius 1 is 1.19 bits per heavy atom. The molecule has 2 rings (SSSR count). The van der Waals surface area contributed by atoms with Crippen molar-refractivity contribution >= 4 is 28.7 Å². The first kappa shape index (κ1) is 10.5. The molecular formula is C11H10N4S. The Morgan fingerprint density at radius 2 is 1.94 bits per heavy atom. The topological polar surface area (TPSA) is 63.8 Å². The van der Waals surface area contributed by atoms with Gasteiger partial charge < -0.3 is 11.1 Å². The lowest BCUT2D eigenvalue weighted by atomic mass is 10.2. The zero-order chi connectivity index (χ0) is 11.4. The van der Waals surface area contributed by atoms with E-state index < -0.39 is 0 Å². The first-order valence-electron chi connectivity index (χ1n) is 4.71. The van der Waals surface area contributed by atoms with Gasteiger partial charge in [0.2, 0.25) is 0 Å². The number of hydrogen-bond donors (Lipinski definition) is 2. The van der Waals surface area contributed by atoms with Crippen molar-refractivity contribution in [3.8, 4) is 0 Å². The molecule has 0 amide bonds. The normalized spacial score (nSPS) is 9.75. The molecule has 1 heterocycles. The van der Waals surface area contributed by atoms with Crippen molar-refractivity contribution in [2.45, 2.75) is 0 Å². The average Bonchev–Trinajstić information content (AvgIpc) is 2.31. The molecule has 80 valence electrons. The van der Waals surface area contributed by atoms with Gasteiger partial charge in [-0.15, -0.1) is 5.10 Å². The number of para-hydroxylation sites is 1. The molecule has 16 heavy (non-hydrogen) atoms. The first-order chi connectivity index (χ1) is 7.77. The van der Waals surface area contributed by atoms with E-state index in [1.165, 1.54) is 0 Å². The highest BCUT2D eigenvalue weighted by molar-refractivity contribution is 7.80. The number of nitrogens with zero attached hydrogens (tertiary/aromatic N) is 2. The van der Waals surface area contributed by atoms with E-state index in [4.69, 9.17) is 18.0 Å². The molecule has 0 saturated heterocycles. The maximum atomic E-state index is 5.59. The summed E-state index contributed by atoms with van der Waals surface area (Å²) in [4.78, 5) is 0.299. The molecule has 0 spiro atoms. The monoisotopic (exact) mass is 230 g/mol. The van der Waals surface area contributed by atoms with Crippen LogP contribution in [0.1, 0.15) is 5.56 Å². The largest absolute Gasteiger partial charge is 0.389 e. The predicted octanol–water partition coefficient (Wildman–Crippen LogP) is 1.85. The van der Waals surface area contributed by atoms with Gasteiger partial charge in [-0.1, -0.05) is 30.4 Å². The van der Waals surface area contributed by atoms with Crippen molar-refractivity contribution in [1.82, 2.24) is 10.2 Å². The van der Waals surface area contributed by atoms with Crippen LogP contribution in [0.25, 0.3) is 0 Å². The molecule has 0 aliphatic carbocycles. The minimum absolute atomic E-state index is 0.299. The third-order valence-electron chi connectivity index (χ3n) is 2.02. The Balaban J connectivity index is 2.31. The summed E-state index contributed by atoms with van der Waals surface area (Å²) in [7, 11) is 0. The lowest BCUT2D eigenvalue weighted by Gasteiger charge is -2.08.